The third-order valence-electron chi connectivity index (χ3n) is 1.02. The maximum Gasteiger partial charge on any atom is 0.327 e. The van der Waals surface area contributed by atoms with Crippen LogP contribution < -0.4 is 0 Å². The monoisotopic (exact) mass is 282 g/mol. The molecule has 8 heteroatoms. The summed E-state index contributed by atoms with van der Waals surface area (Å²) >= 11 is 0. The number of hydrogen-bond acceptors (Lipinski definition) is 6. The average molecular weight is 282 g/mol. The summed E-state index contributed by atoms with van der Waals surface area (Å²) in [6.07, 6.45) is 0.833. The van der Waals surface area contributed by atoms with E-state index in [-0.39, 0.29) is 13.2 Å². The van der Waals surface area contributed by atoms with E-state index >= 15 is 0 Å². The van der Waals surface area contributed by atoms with Crippen LogP contribution in [-0.2, 0) is 19.1 Å². The van der Waals surface area contributed by atoms with Gasteiger partial charge in [-0.25, -0.2) is 4.79 Å². The smallest absolute Gasteiger partial charge is 0.327 e. The van der Waals surface area contributed by atoms with Gasteiger partial charge in [0.25, 0.3) is 5.97 Å². The molecule has 0 rings (SSSR count). The van der Waals surface area contributed by atoms with Gasteiger partial charge in [0, 0.05) is 13.0 Å². The fourth-order valence-corrected chi connectivity index (χ4v) is 0.451. The second kappa shape index (κ2) is 21.8. The van der Waals surface area contributed by atoms with E-state index in [9.17, 15) is 4.79 Å². The maximum atomic E-state index is 9.25. The zero-order valence-corrected chi connectivity index (χ0v) is 10.9. The van der Waals surface area contributed by atoms with Crippen molar-refractivity contribution in [2.75, 3.05) is 39.6 Å². The van der Waals surface area contributed by atoms with Gasteiger partial charge in [-0.15, -0.1) is 0 Å². The molecule has 19 heavy (non-hydrogen) atoms. The molecule has 0 fully saturated rings. The predicted molar refractivity (Wildman–Crippen MR) is 67.0 cm³/mol. The molecule has 0 aromatic carbocycles. The third kappa shape index (κ3) is 61.6. The van der Waals surface area contributed by atoms with Gasteiger partial charge in [0.05, 0.1) is 39.6 Å². The molecule has 0 saturated carbocycles. The molecule has 0 aromatic rings. The number of rotatable bonds is 8. The first kappa shape index (κ1) is 22.7. The Bertz CT molecular complexity index is 205. The Kier molecular flexibility index (Phi) is 26.0. The molecular formula is C11H22O8. The van der Waals surface area contributed by atoms with Gasteiger partial charge in [-0.3, -0.25) is 4.79 Å². The second-order valence-corrected chi connectivity index (χ2v) is 2.73. The van der Waals surface area contributed by atoms with Crippen molar-refractivity contribution in [1.29, 1.82) is 0 Å². The van der Waals surface area contributed by atoms with Gasteiger partial charge in [0.1, 0.15) is 0 Å². The standard InChI is InChI=1S/C6H14O4.C3H4O2.C2H4O2/c7-1-3-9-5-6-10-4-2-8;1-2-3(4)5;1-2(3)4/h7-8H,1-6H2;2H,1H2,(H,4,5);1H3,(H,3,4). The minimum atomic E-state index is -0.981. The van der Waals surface area contributed by atoms with Crippen LogP contribution in [-0.4, -0.2) is 72.0 Å². The highest BCUT2D eigenvalue weighted by atomic mass is 16.5. The molecule has 0 aliphatic heterocycles. The zero-order chi connectivity index (χ0) is 15.5. The van der Waals surface area contributed by atoms with Crippen LogP contribution in [0.25, 0.3) is 0 Å². The summed E-state index contributed by atoms with van der Waals surface area (Å²) in [5.74, 6) is -1.81. The van der Waals surface area contributed by atoms with E-state index in [4.69, 9.17) is 34.7 Å². The van der Waals surface area contributed by atoms with E-state index in [0.29, 0.717) is 26.4 Å². The summed E-state index contributed by atoms with van der Waals surface area (Å²) in [4.78, 5) is 18.2. The van der Waals surface area contributed by atoms with Gasteiger partial charge >= 0.3 is 5.97 Å². The Morgan fingerprint density at radius 3 is 1.42 bits per heavy atom. The number of aliphatic carboxylic acids is 2. The molecule has 0 bridgehead atoms. The van der Waals surface area contributed by atoms with Gasteiger partial charge in [-0.2, -0.15) is 0 Å². The quantitative estimate of drug-likeness (QED) is 0.341. The third-order valence-corrected chi connectivity index (χ3v) is 1.02. The Morgan fingerprint density at radius 1 is 1.00 bits per heavy atom. The normalized spacial score (nSPS) is 8.37. The Morgan fingerprint density at radius 2 is 1.26 bits per heavy atom. The van der Waals surface area contributed by atoms with Crippen LogP contribution in [0.2, 0.25) is 0 Å². The second-order valence-electron chi connectivity index (χ2n) is 2.73. The van der Waals surface area contributed by atoms with E-state index in [1.807, 2.05) is 0 Å². The van der Waals surface area contributed by atoms with Crippen molar-refractivity contribution in [3.05, 3.63) is 12.7 Å². The first-order valence-corrected chi connectivity index (χ1v) is 5.34. The number of carbonyl (C=O) groups is 2. The van der Waals surface area contributed by atoms with Crippen LogP contribution in [0.5, 0.6) is 0 Å². The summed E-state index contributed by atoms with van der Waals surface area (Å²) in [5, 5.41) is 31.5. The van der Waals surface area contributed by atoms with Crippen molar-refractivity contribution in [3.63, 3.8) is 0 Å². The Labute approximate surface area is 111 Å². The largest absolute Gasteiger partial charge is 0.481 e. The van der Waals surface area contributed by atoms with Gasteiger partial charge in [-0.05, 0) is 0 Å². The molecule has 114 valence electrons. The molecule has 0 saturated heterocycles. The zero-order valence-electron chi connectivity index (χ0n) is 10.9. The highest BCUT2D eigenvalue weighted by Gasteiger charge is 1.86. The topological polar surface area (TPSA) is 134 Å². The highest BCUT2D eigenvalue weighted by molar-refractivity contribution is 5.78. The first-order chi connectivity index (χ1) is 8.92. The van der Waals surface area contributed by atoms with Crippen molar-refractivity contribution >= 4 is 11.9 Å². The van der Waals surface area contributed by atoms with Gasteiger partial charge in [-0.1, -0.05) is 6.58 Å². The van der Waals surface area contributed by atoms with E-state index < -0.39 is 11.9 Å². The fourth-order valence-electron chi connectivity index (χ4n) is 0.451. The van der Waals surface area contributed by atoms with E-state index in [2.05, 4.69) is 6.58 Å². The lowest BCUT2D eigenvalue weighted by atomic mass is 10.7. The molecule has 0 aliphatic carbocycles. The molecule has 8 nitrogen and oxygen atoms in total. The van der Waals surface area contributed by atoms with Crippen LogP contribution in [0, 0.1) is 0 Å². The minimum Gasteiger partial charge on any atom is -0.481 e. The summed E-state index contributed by atoms with van der Waals surface area (Å²) < 4.78 is 9.75. The molecular weight excluding hydrogens is 260 g/mol. The number of hydrogen-bond donors (Lipinski definition) is 4. The summed E-state index contributed by atoms with van der Waals surface area (Å²) in [5.41, 5.74) is 0. The minimum absolute atomic E-state index is 0.0417. The molecule has 0 heterocycles. The highest BCUT2D eigenvalue weighted by Crippen LogP contribution is 1.76. The molecule has 0 spiro atoms. The number of ether oxygens (including phenoxy) is 2. The van der Waals surface area contributed by atoms with E-state index in [1.54, 1.807) is 0 Å². The van der Waals surface area contributed by atoms with Crippen LogP contribution in [0.3, 0.4) is 0 Å². The van der Waals surface area contributed by atoms with Crippen LogP contribution in [0.1, 0.15) is 6.92 Å². The van der Waals surface area contributed by atoms with Crippen LogP contribution >= 0.6 is 0 Å². The fraction of sp³-hybridized carbons (Fsp3) is 0.636. The Balaban J connectivity index is -0.000000238. The molecule has 0 aromatic heterocycles. The van der Waals surface area contributed by atoms with Crippen molar-refractivity contribution in [2.45, 2.75) is 6.92 Å². The number of aliphatic hydroxyl groups is 2. The maximum absolute atomic E-state index is 9.25. The molecule has 0 atom stereocenters. The SMILES string of the molecule is C=CC(=O)O.CC(=O)O.OCCOCCOCCO. The van der Waals surface area contributed by atoms with Gasteiger partial charge in [0.2, 0.25) is 0 Å². The summed E-state index contributed by atoms with van der Waals surface area (Å²) in [6.45, 7) is 5.77. The number of carboxylic acids is 2. The molecule has 0 radical (unpaired) electrons. The lowest BCUT2D eigenvalue weighted by molar-refractivity contribution is -0.134. The molecule has 4 N–H and O–H groups in total. The van der Waals surface area contributed by atoms with Crippen molar-refractivity contribution in [2.24, 2.45) is 0 Å². The molecule has 0 aliphatic rings. The summed E-state index contributed by atoms with van der Waals surface area (Å²) in [7, 11) is 0. The predicted octanol–water partition coefficient (Wildman–Crippen LogP) is -0.648. The van der Waals surface area contributed by atoms with Gasteiger partial charge in [0.15, 0.2) is 0 Å². The number of aliphatic hydroxyl groups excluding tert-OH is 2. The van der Waals surface area contributed by atoms with Gasteiger partial charge < -0.3 is 29.9 Å². The van der Waals surface area contributed by atoms with E-state index in [1.165, 1.54) is 0 Å². The Hall–Kier alpha value is -1.48. The lowest BCUT2D eigenvalue weighted by Gasteiger charge is -2.01. The first-order valence-electron chi connectivity index (χ1n) is 5.34. The van der Waals surface area contributed by atoms with Crippen molar-refractivity contribution in [3.8, 4) is 0 Å². The van der Waals surface area contributed by atoms with Crippen LogP contribution in [0.4, 0.5) is 0 Å². The summed E-state index contributed by atoms with van der Waals surface area (Å²) in [6, 6.07) is 0. The van der Waals surface area contributed by atoms with Crippen molar-refractivity contribution in [1.82, 2.24) is 0 Å². The molecule has 0 amide bonds. The number of carboxylic acid groups (broad SMARTS) is 2. The van der Waals surface area contributed by atoms with Crippen molar-refractivity contribution < 1.29 is 39.5 Å². The van der Waals surface area contributed by atoms with Crippen LogP contribution in [0.15, 0.2) is 12.7 Å². The molecule has 0 unspecified atom stereocenters. The van der Waals surface area contributed by atoms with E-state index in [0.717, 1.165) is 13.0 Å². The lowest BCUT2D eigenvalue weighted by Crippen LogP contribution is -2.09. The average Bonchev–Trinajstić information content (AvgIpc) is 2.34.